The lowest BCUT2D eigenvalue weighted by molar-refractivity contribution is 0.126. The van der Waals surface area contributed by atoms with E-state index >= 15 is 0 Å². The molecule has 0 amide bonds. The molecule has 4 N–H and O–H groups in total. The van der Waals surface area contributed by atoms with Crippen molar-refractivity contribution in [2.75, 3.05) is 24.7 Å². The van der Waals surface area contributed by atoms with E-state index in [1.807, 2.05) is 6.92 Å². The number of anilines is 1. The zero-order valence-electron chi connectivity index (χ0n) is 10.6. The van der Waals surface area contributed by atoms with Gasteiger partial charge in [0.25, 0.3) is 0 Å². The van der Waals surface area contributed by atoms with Gasteiger partial charge in [0, 0.05) is 23.3 Å². The Morgan fingerprint density at radius 2 is 2.00 bits per heavy atom. The highest BCUT2D eigenvalue weighted by atomic mass is 32.2. The van der Waals surface area contributed by atoms with Gasteiger partial charge in [-0.25, -0.2) is 0 Å². The summed E-state index contributed by atoms with van der Waals surface area (Å²) in [5.74, 6) is 1.31. The minimum Gasteiger partial charge on any atom is -0.491 e. The van der Waals surface area contributed by atoms with Crippen molar-refractivity contribution in [2.24, 2.45) is 0 Å². The number of ether oxygens (including phenoxy) is 1. The highest BCUT2D eigenvalue weighted by Crippen LogP contribution is 2.16. The van der Waals surface area contributed by atoms with E-state index in [0.717, 1.165) is 6.42 Å². The van der Waals surface area contributed by atoms with Crippen molar-refractivity contribution in [1.29, 1.82) is 0 Å². The first-order valence-electron chi connectivity index (χ1n) is 6.00. The molecule has 1 rings (SSSR count). The van der Waals surface area contributed by atoms with Crippen LogP contribution in [0.1, 0.15) is 13.3 Å². The van der Waals surface area contributed by atoms with Crippen molar-refractivity contribution in [3.8, 4) is 5.75 Å². The fourth-order valence-electron chi connectivity index (χ4n) is 1.35. The van der Waals surface area contributed by atoms with E-state index in [0.29, 0.717) is 22.4 Å². The van der Waals surface area contributed by atoms with Crippen molar-refractivity contribution in [3.05, 3.63) is 24.3 Å². The minimum absolute atomic E-state index is 0.187. The maximum atomic E-state index is 9.75. The standard InChI is InChI=1S/C13H21NO3S/c1-10(6-7-15)18-9-12(16)8-17-13-4-2-11(14)3-5-13/h2-5,10,12,15-16H,6-9,14H2,1H3. The van der Waals surface area contributed by atoms with Gasteiger partial charge in [0.05, 0.1) is 6.10 Å². The third-order valence-electron chi connectivity index (χ3n) is 2.43. The number of thioether (sulfide) groups is 1. The Labute approximate surface area is 112 Å². The molecule has 0 fully saturated rings. The molecule has 0 aliphatic carbocycles. The maximum absolute atomic E-state index is 9.75. The first-order chi connectivity index (χ1) is 8.61. The van der Waals surface area contributed by atoms with Crippen molar-refractivity contribution < 1.29 is 14.9 Å². The molecule has 4 nitrogen and oxygen atoms in total. The van der Waals surface area contributed by atoms with Crippen LogP contribution in [0.2, 0.25) is 0 Å². The van der Waals surface area contributed by atoms with Crippen molar-refractivity contribution >= 4 is 17.4 Å². The summed E-state index contributed by atoms with van der Waals surface area (Å²) >= 11 is 1.64. The Morgan fingerprint density at radius 1 is 1.33 bits per heavy atom. The smallest absolute Gasteiger partial charge is 0.119 e. The Hall–Kier alpha value is -0.910. The van der Waals surface area contributed by atoms with Crippen LogP contribution in [0, 0.1) is 0 Å². The highest BCUT2D eigenvalue weighted by molar-refractivity contribution is 7.99. The Kier molecular flexibility index (Phi) is 6.93. The van der Waals surface area contributed by atoms with Crippen molar-refractivity contribution in [1.82, 2.24) is 0 Å². The number of hydrogen-bond acceptors (Lipinski definition) is 5. The van der Waals surface area contributed by atoms with E-state index in [9.17, 15) is 5.11 Å². The van der Waals surface area contributed by atoms with Crippen molar-refractivity contribution in [2.45, 2.75) is 24.7 Å². The van der Waals surface area contributed by atoms with Gasteiger partial charge in [-0.1, -0.05) is 6.92 Å². The quantitative estimate of drug-likeness (QED) is 0.625. The summed E-state index contributed by atoms with van der Waals surface area (Å²) in [7, 11) is 0. The van der Waals surface area contributed by atoms with Crippen LogP contribution in [0.4, 0.5) is 5.69 Å². The zero-order chi connectivity index (χ0) is 13.4. The molecule has 2 atom stereocenters. The molecule has 5 heteroatoms. The molecule has 0 aliphatic heterocycles. The number of aliphatic hydroxyl groups is 2. The van der Waals surface area contributed by atoms with Gasteiger partial charge in [-0.2, -0.15) is 11.8 Å². The number of nitrogens with two attached hydrogens (primary N) is 1. The molecule has 0 aromatic heterocycles. The van der Waals surface area contributed by atoms with Gasteiger partial charge < -0.3 is 20.7 Å². The van der Waals surface area contributed by atoms with Crippen LogP contribution in [0.15, 0.2) is 24.3 Å². The second kappa shape index (κ2) is 8.24. The lowest BCUT2D eigenvalue weighted by Crippen LogP contribution is -2.21. The summed E-state index contributed by atoms with van der Waals surface area (Å²) in [5.41, 5.74) is 6.25. The van der Waals surface area contributed by atoms with Gasteiger partial charge in [-0.3, -0.25) is 0 Å². The summed E-state index contributed by atoms with van der Waals surface area (Å²) in [6.45, 7) is 2.49. The minimum atomic E-state index is -0.506. The third-order valence-corrected chi connectivity index (χ3v) is 3.81. The van der Waals surface area contributed by atoms with Gasteiger partial charge in [-0.05, 0) is 30.7 Å². The van der Waals surface area contributed by atoms with Crippen molar-refractivity contribution in [3.63, 3.8) is 0 Å². The van der Waals surface area contributed by atoms with Crippen LogP contribution in [0.25, 0.3) is 0 Å². The molecule has 0 spiro atoms. The number of benzene rings is 1. The van der Waals surface area contributed by atoms with Gasteiger partial charge in [0.1, 0.15) is 12.4 Å². The zero-order valence-corrected chi connectivity index (χ0v) is 11.4. The Bertz CT molecular complexity index is 332. The van der Waals surface area contributed by atoms with Gasteiger partial charge in [-0.15, -0.1) is 0 Å². The lowest BCUT2D eigenvalue weighted by Gasteiger charge is -2.15. The van der Waals surface area contributed by atoms with Crippen LogP contribution in [-0.4, -0.2) is 40.5 Å². The predicted molar refractivity (Wildman–Crippen MR) is 76.0 cm³/mol. The van der Waals surface area contributed by atoms with E-state index in [4.69, 9.17) is 15.6 Å². The normalized spacial score (nSPS) is 14.2. The maximum Gasteiger partial charge on any atom is 0.119 e. The summed E-state index contributed by atoms with van der Waals surface area (Å²) in [6, 6.07) is 7.09. The van der Waals surface area contributed by atoms with Gasteiger partial charge >= 0.3 is 0 Å². The number of hydrogen-bond donors (Lipinski definition) is 3. The molecule has 0 saturated carbocycles. The average Bonchev–Trinajstić information content (AvgIpc) is 2.36. The average molecular weight is 271 g/mol. The number of rotatable bonds is 8. The van der Waals surface area contributed by atoms with Crippen LogP contribution >= 0.6 is 11.8 Å². The van der Waals surface area contributed by atoms with Crippen LogP contribution in [0.3, 0.4) is 0 Å². The van der Waals surface area contributed by atoms with E-state index in [-0.39, 0.29) is 13.2 Å². The molecular weight excluding hydrogens is 250 g/mol. The molecule has 1 aromatic carbocycles. The predicted octanol–water partition coefficient (Wildman–Crippen LogP) is 1.51. The molecular formula is C13H21NO3S. The van der Waals surface area contributed by atoms with Crippen LogP contribution in [0.5, 0.6) is 5.75 Å². The third kappa shape index (κ3) is 6.14. The van der Waals surface area contributed by atoms with Gasteiger partial charge in [0.2, 0.25) is 0 Å². The molecule has 0 heterocycles. The monoisotopic (exact) mass is 271 g/mol. The fraction of sp³-hybridized carbons (Fsp3) is 0.538. The molecule has 0 aliphatic rings. The first-order valence-corrected chi connectivity index (χ1v) is 7.05. The molecule has 18 heavy (non-hydrogen) atoms. The summed E-state index contributed by atoms with van der Waals surface area (Å²) in [4.78, 5) is 0. The summed E-state index contributed by atoms with van der Waals surface area (Å²) in [6.07, 6.45) is 0.240. The largest absolute Gasteiger partial charge is 0.491 e. The topological polar surface area (TPSA) is 75.7 Å². The lowest BCUT2D eigenvalue weighted by atomic mass is 10.3. The summed E-state index contributed by atoms with van der Waals surface area (Å²) < 4.78 is 5.45. The second-order valence-corrected chi connectivity index (χ2v) is 5.66. The highest BCUT2D eigenvalue weighted by Gasteiger charge is 2.09. The SMILES string of the molecule is CC(CCO)SCC(O)COc1ccc(N)cc1. The van der Waals surface area contributed by atoms with Crippen LogP contribution in [-0.2, 0) is 0 Å². The first kappa shape index (κ1) is 15.1. The van der Waals surface area contributed by atoms with E-state index in [1.54, 1.807) is 36.0 Å². The Balaban J connectivity index is 2.20. The molecule has 0 radical (unpaired) electrons. The van der Waals surface area contributed by atoms with E-state index < -0.39 is 6.10 Å². The molecule has 0 bridgehead atoms. The second-order valence-electron chi connectivity index (χ2n) is 4.19. The summed E-state index contributed by atoms with van der Waals surface area (Å²) in [5, 5.41) is 18.9. The molecule has 1 aromatic rings. The Morgan fingerprint density at radius 3 is 2.61 bits per heavy atom. The van der Waals surface area contributed by atoms with E-state index in [2.05, 4.69) is 0 Å². The molecule has 0 saturated heterocycles. The molecule has 2 unspecified atom stereocenters. The fourth-order valence-corrected chi connectivity index (χ4v) is 2.26. The van der Waals surface area contributed by atoms with Crippen LogP contribution < -0.4 is 10.5 Å². The molecule has 102 valence electrons. The van der Waals surface area contributed by atoms with E-state index in [1.165, 1.54) is 0 Å². The number of aliphatic hydroxyl groups excluding tert-OH is 2. The van der Waals surface area contributed by atoms with Gasteiger partial charge in [0.15, 0.2) is 0 Å². The number of nitrogen functional groups attached to an aromatic ring is 1.